The molecule has 0 aliphatic carbocycles. The molecule has 0 amide bonds. The van der Waals surface area contributed by atoms with Gasteiger partial charge in [-0.1, -0.05) is 18.2 Å². The van der Waals surface area contributed by atoms with E-state index in [-0.39, 0.29) is 10.6 Å². The fraction of sp³-hybridized carbons (Fsp3) is 0.0625. The van der Waals surface area contributed by atoms with Crippen molar-refractivity contribution in [2.75, 3.05) is 10.5 Å². The number of fused-ring (bicyclic) bond motifs is 1. The first kappa shape index (κ1) is 16.5. The molecule has 3 N–H and O–H groups in total. The van der Waals surface area contributed by atoms with Gasteiger partial charge in [0.2, 0.25) is 0 Å². The minimum atomic E-state index is -3.99. The number of halogens is 1. The molecule has 0 radical (unpaired) electrons. The molecule has 0 aliphatic rings. The van der Waals surface area contributed by atoms with Crippen LogP contribution in [0.15, 0.2) is 61.0 Å². The standard InChI is InChI=1S/C16H13BrN2O4S/c1-9-6-15(11(17)8-12(9)18)24(21,22)19-13-7-10-4-2-3-5-14(10)23-16(13)20/h2-8,19H,18H2,1H3. The molecule has 0 unspecified atom stereocenters. The highest BCUT2D eigenvalue weighted by atomic mass is 79.9. The SMILES string of the molecule is Cc1cc(S(=O)(=O)Nc2cc3ccccc3oc2=O)c(Br)cc1N. The Labute approximate surface area is 146 Å². The molecule has 0 bridgehead atoms. The first-order chi connectivity index (χ1) is 11.3. The van der Waals surface area contributed by atoms with E-state index in [4.69, 9.17) is 10.2 Å². The highest BCUT2D eigenvalue weighted by Crippen LogP contribution is 2.28. The summed E-state index contributed by atoms with van der Waals surface area (Å²) in [7, 11) is -3.99. The molecule has 0 aliphatic heterocycles. The van der Waals surface area contributed by atoms with Gasteiger partial charge in [-0.25, -0.2) is 13.2 Å². The van der Waals surface area contributed by atoms with Crippen molar-refractivity contribution in [3.8, 4) is 0 Å². The fourth-order valence-corrected chi connectivity index (χ4v) is 4.40. The number of nitrogens with one attached hydrogen (secondary N) is 1. The molecule has 3 aromatic rings. The highest BCUT2D eigenvalue weighted by Gasteiger charge is 2.21. The molecule has 0 spiro atoms. The average Bonchev–Trinajstić information content (AvgIpc) is 2.51. The normalized spacial score (nSPS) is 11.6. The van der Waals surface area contributed by atoms with Gasteiger partial charge in [0.15, 0.2) is 0 Å². The van der Waals surface area contributed by atoms with Gasteiger partial charge in [0, 0.05) is 15.5 Å². The second-order valence-electron chi connectivity index (χ2n) is 5.23. The highest BCUT2D eigenvalue weighted by molar-refractivity contribution is 9.10. The van der Waals surface area contributed by atoms with Crippen LogP contribution in [0.1, 0.15) is 5.56 Å². The van der Waals surface area contributed by atoms with Crippen molar-refractivity contribution < 1.29 is 12.8 Å². The molecular weight excluding hydrogens is 396 g/mol. The summed E-state index contributed by atoms with van der Waals surface area (Å²) in [6.07, 6.45) is 0. The number of benzene rings is 2. The summed E-state index contributed by atoms with van der Waals surface area (Å²) in [5.74, 6) is 0. The van der Waals surface area contributed by atoms with Gasteiger partial charge in [0.1, 0.15) is 16.2 Å². The van der Waals surface area contributed by atoms with Crippen LogP contribution in [0.25, 0.3) is 11.0 Å². The Morgan fingerprint density at radius 3 is 2.62 bits per heavy atom. The largest absolute Gasteiger partial charge is 0.421 e. The van der Waals surface area contributed by atoms with E-state index >= 15 is 0 Å². The maximum absolute atomic E-state index is 12.6. The average molecular weight is 409 g/mol. The number of aryl methyl sites for hydroxylation is 1. The summed E-state index contributed by atoms with van der Waals surface area (Å²) in [5, 5.41) is 0.613. The lowest BCUT2D eigenvalue weighted by Gasteiger charge is -2.11. The molecule has 0 atom stereocenters. The number of hydrogen-bond donors (Lipinski definition) is 2. The lowest BCUT2D eigenvalue weighted by Crippen LogP contribution is -2.19. The van der Waals surface area contributed by atoms with Crippen molar-refractivity contribution in [1.82, 2.24) is 0 Å². The zero-order valence-electron chi connectivity index (χ0n) is 12.5. The maximum atomic E-state index is 12.6. The van der Waals surface area contributed by atoms with Crippen molar-refractivity contribution >= 4 is 48.3 Å². The fourth-order valence-electron chi connectivity index (χ4n) is 2.21. The maximum Gasteiger partial charge on any atom is 0.360 e. The Morgan fingerprint density at radius 2 is 1.88 bits per heavy atom. The van der Waals surface area contributed by atoms with Crippen LogP contribution in [0.2, 0.25) is 0 Å². The first-order valence-corrected chi connectivity index (χ1v) is 9.17. The lowest BCUT2D eigenvalue weighted by molar-refractivity contribution is 0.563. The molecule has 24 heavy (non-hydrogen) atoms. The van der Waals surface area contributed by atoms with E-state index in [0.29, 0.717) is 26.7 Å². The molecule has 2 aromatic carbocycles. The third-order valence-corrected chi connectivity index (χ3v) is 5.82. The molecular formula is C16H13BrN2O4S. The predicted octanol–water partition coefficient (Wildman–Crippen LogP) is 3.25. The van der Waals surface area contributed by atoms with Crippen LogP contribution >= 0.6 is 15.9 Å². The molecule has 8 heteroatoms. The Hall–Kier alpha value is -2.32. The van der Waals surface area contributed by atoms with Crippen LogP contribution in [-0.4, -0.2) is 8.42 Å². The molecule has 1 heterocycles. The number of rotatable bonds is 3. The van der Waals surface area contributed by atoms with Gasteiger partial charge >= 0.3 is 5.63 Å². The van der Waals surface area contributed by atoms with Crippen LogP contribution in [0, 0.1) is 6.92 Å². The van der Waals surface area contributed by atoms with Crippen molar-refractivity contribution in [2.45, 2.75) is 11.8 Å². The zero-order chi connectivity index (χ0) is 17.5. The lowest BCUT2D eigenvalue weighted by atomic mass is 10.2. The molecule has 0 saturated carbocycles. The Bertz CT molecular complexity index is 1110. The predicted molar refractivity (Wildman–Crippen MR) is 96.6 cm³/mol. The van der Waals surface area contributed by atoms with Gasteiger partial charge in [0.05, 0.1) is 0 Å². The minimum absolute atomic E-state index is 0.0123. The molecule has 0 saturated heterocycles. The molecule has 1 aromatic heterocycles. The van der Waals surface area contributed by atoms with E-state index in [0.717, 1.165) is 0 Å². The van der Waals surface area contributed by atoms with Crippen molar-refractivity contribution in [3.63, 3.8) is 0 Å². The number of anilines is 2. The van der Waals surface area contributed by atoms with Crippen molar-refractivity contribution in [1.29, 1.82) is 0 Å². The van der Waals surface area contributed by atoms with Gasteiger partial charge in [-0.2, -0.15) is 0 Å². The van der Waals surface area contributed by atoms with Gasteiger partial charge in [-0.15, -0.1) is 0 Å². The number of hydrogen-bond acceptors (Lipinski definition) is 5. The topological polar surface area (TPSA) is 102 Å². The van der Waals surface area contributed by atoms with Crippen LogP contribution in [0.4, 0.5) is 11.4 Å². The monoisotopic (exact) mass is 408 g/mol. The van der Waals surface area contributed by atoms with Crippen LogP contribution < -0.4 is 16.1 Å². The van der Waals surface area contributed by atoms with E-state index < -0.39 is 15.6 Å². The Morgan fingerprint density at radius 1 is 1.17 bits per heavy atom. The number of nitrogens with two attached hydrogens (primary N) is 1. The van der Waals surface area contributed by atoms with E-state index in [1.165, 1.54) is 18.2 Å². The smallest absolute Gasteiger partial charge is 0.360 e. The Balaban J connectivity index is 2.09. The van der Waals surface area contributed by atoms with Gasteiger partial charge in [-0.3, -0.25) is 4.72 Å². The quantitative estimate of drug-likeness (QED) is 0.511. The van der Waals surface area contributed by atoms with Crippen molar-refractivity contribution in [2.24, 2.45) is 0 Å². The van der Waals surface area contributed by atoms with E-state index in [2.05, 4.69) is 20.7 Å². The first-order valence-electron chi connectivity index (χ1n) is 6.89. The van der Waals surface area contributed by atoms with Crippen LogP contribution in [-0.2, 0) is 10.0 Å². The molecule has 6 nitrogen and oxygen atoms in total. The van der Waals surface area contributed by atoms with Gasteiger partial charge < -0.3 is 10.2 Å². The Kier molecular flexibility index (Phi) is 4.10. The van der Waals surface area contributed by atoms with Gasteiger partial charge in [0.25, 0.3) is 10.0 Å². The number of sulfonamides is 1. The van der Waals surface area contributed by atoms with Gasteiger partial charge in [-0.05, 0) is 52.7 Å². The summed E-state index contributed by atoms with van der Waals surface area (Å²) >= 11 is 3.19. The van der Waals surface area contributed by atoms with E-state index in [1.807, 2.05) is 0 Å². The second-order valence-corrected chi connectivity index (χ2v) is 7.74. The van der Waals surface area contributed by atoms with Crippen molar-refractivity contribution in [3.05, 3.63) is 62.9 Å². The number of nitrogen functional groups attached to an aromatic ring is 1. The van der Waals surface area contributed by atoms with Crippen LogP contribution in [0.5, 0.6) is 0 Å². The summed E-state index contributed by atoms with van der Waals surface area (Å²) in [6, 6.07) is 11.2. The summed E-state index contributed by atoms with van der Waals surface area (Å²) in [5.41, 5.74) is 6.30. The minimum Gasteiger partial charge on any atom is -0.421 e. The summed E-state index contributed by atoms with van der Waals surface area (Å²) in [4.78, 5) is 12.0. The molecule has 0 fully saturated rings. The summed E-state index contributed by atoms with van der Waals surface area (Å²) < 4.78 is 32.9. The number of para-hydroxylation sites is 1. The summed E-state index contributed by atoms with van der Waals surface area (Å²) in [6.45, 7) is 1.70. The molecule has 3 rings (SSSR count). The second kappa shape index (κ2) is 5.95. The van der Waals surface area contributed by atoms with E-state index in [9.17, 15) is 13.2 Å². The van der Waals surface area contributed by atoms with E-state index in [1.54, 1.807) is 31.2 Å². The third-order valence-electron chi connectivity index (χ3n) is 3.50. The van der Waals surface area contributed by atoms with Crippen LogP contribution in [0.3, 0.4) is 0 Å². The third kappa shape index (κ3) is 3.02. The zero-order valence-corrected chi connectivity index (χ0v) is 14.9. The molecule has 124 valence electrons.